The Morgan fingerprint density at radius 1 is 1.07 bits per heavy atom. The molecule has 1 nitrogen and oxygen atoms in total. The zero-order chi connectivity index (χ0) is 12.1. The van der Waals surface area contributed by atoms with Gasteiger partial charge in [0.2, 0.25) is 0 Å². The highest BCUT2D eigenvalue weighted by Gasteiger charge is 2.55. The van der Waals surface area contributed by atoms with Crippen LogP contribution in [0.25, 0.3) is 0 Å². The van der Waals surface area contributed by atoms with Gasteiger partial charge in [-0.1, -0.05) is 62.2 Å². The van der Waals surface area contributed by atoms with E-state index in [4.69, 9.17) is 0 Å². The number of alkyl halides is 1. The van der Waals surface area contributed by atoms with Gasteiger partial charge in [-0.15, -0.1) is 0 Å². The third-order valence-electron chi connectivity index (χ3n) is 2.62. The molecule has 1 fully saturated rings. The largest absolute Gasteiger partial charge is 0.294 e. The predicted molar refractivity (Wildman–Crippen MR) is 79.5 cm³/mol. The SMILES string of the molecule is C[Si](C)(C)P(C(=O)C1(Br)CC1)[Si](C)(C)C. The Morgan fingerprint density at radius 2 is 1.40 bits per heavy atom. The van der Waals surface area contributed by atoms with E-state index < -0.39 is 15.5 Å². The van der Waals surface area contributed by atoms with Gasteiger partial charge >= 0.3 is 0 Å². The van der Waals surface area contributed by atoms with E-state index >= 15 is 0 Å². The Bertz CT molecular complexity index is 262. The quantitative estimate of drug-likeness (QED) is 0.420. The Labute approximate surface area is 105 Å². The Morgan fingerprint density at radius 3 is 1.60 bits per heavy atom. The molecule has 1 rings (SSSR count). The van der Waals surface area contributed by atoms with Crippen molar-refractivity contribution in [1.82, 2.24) is 0 Å². The van der Waals surface area contributed by atoms with E-state index in [0.717, 1.165) is 12.8 Å². The van der Waals surface area contributed by atoms with Crippen molar-refractivity contribution < 1.29 is 4.79 Å². The van der Waals surface area contributed by atoms with Crippen LogP contribution in [0.1, 0.15) is 12.8 Å². The minimum atomic E-state index is -1.31. The van der Waals surface area contributed by atoms with Crippen LogP contribution >= 0.6 is 22.9 Å². The maximum atomic E-state index is 12.6. The average molecular weight is 325 g/mol. The molecule has 0 aromatic carbocycles. The molecule has 88 valence electrons. The van der Waals surface area contributed by atoms with Crippen LogP contribution in [0.2, 0.25) is 39.3 Å². The molecule has 0 saturated heterocycles. The summed E-state index contributed by atoms with van der Waals surface area (Å²) in [6.45, 7) is 14.2. The van der Waals surface area contributed by atoms with E-state index in [1.807, 2.05) is 0 Å². The molecule has 0 amide bonds. The lowest BCUT2D eigenvalue weighted by atomic mass is 10.5. The van der Waals surface area contributed by atoms with Gasteiger partial charge in [0.15, 0.2) is 5.52 Å². The van der Waals surface area contributed by atoms with Crippen molar-refractivity contribution in [3.05, 3.63) is 0 Å². The second kappa shape index (κ2) is 4.04. The minimum absolute atomic E-state index is 0.0841. The standard InChI is InChI=1S/C10H22BrOPSi2/c1-14(2,3)13(15(4,5)6)9(12)10(11)7-8-10/h7-8H2,1-6H3. The van der Waals surface area contributed by atoms with Gasteiger partial charge in [-0.25, -0.2) is 0 Å². The summed E-state index contributed by atoms with van der Waals surface area (Å²) in [5.41, 5.74) is 0.593. The van der Waals surface area contributed by atoms with Gasteiger partial charge in [-0.3, -0.25) is 4.79 Å². The van der Waals surface area contributed by atoms with E-state index in [9.17, 15) is 4.79 Å². The molecule has 0 aliphatic heterocycles. The summed E-state index contributed by atoms with van der Waals surface area (Å²) in [6, 6.07) is 0. The van der Waals surface area contributed by atoms with Gasteiger partial charge in [0, 0.05) is 0 Å². The Kier molecular flexibility index (Phi) is 3.79. The van der Waals surface area contributed by atoms with Crippen LogP contribution in [0, 0.1) is 0 Å². The molecule has 0 spiro atoms. The molecule has 0 N–H and O–H groups in total. The second-order valence-electron chi connectivity index (χ2n) is 6.45. The molecular weight excluding hydrogens is 303 g/mol. The fourth-order valence-electron chi connectivity index (χ4n) is 2.14. The number of carbonyl (C=O) groups is 1. The van der Waals surface area contributed by atoms with Crippen LogP contribution in [0.4, 0.5) is 0 Å². The summed E-state index contributed by atoms with van der Waals surface area (Å²) in [6.07, 6.45) is 2.14. The third-order valence-corrected chi connectivity index (χ3v) is 28.9. The van der Waals surface area contributed by atoms with Crippen LogP contribution in [0.5, 0.6) is 0 Å². The zero-order valence-corrected chi connectivity index (χ0v) is 15.1. The number of hydrogen-bond donors (Lipinski definition) is 0. The maximum absolute atomic E-state index is 12.6. The zero-order valence-electron chi connectivity index (χ0n) is 10.6. The van der Waals surface area contributed by atoms with Crippen LogP contribution in [-0.4, -0.2) is 25.3 Å². The summed E-state index contributed by atoms with van der Waals surface area (Å²) in [5.74, 6) is 0. The highest BCUT2D eigenvalue weighted by Crippen LogP contribution is 2.63. The fourth-order valence-corrected chi connectivity index (χ4v) is 36.8. The topological polar surface area (TPSA) is 17.1 Å². The highest BCUT2D eigenvalue weighted by molar-refractivity contribution is 9.10. The highest BCUT2D eigenvalue weighted by atomic mass is 79.9. The van der Waals surface area contributed by atoms with Crippen molar-refractivity contribution in [2.24, 2.45) is 0 Å². The number of carbonyl (C=O) groups excluding carboxylic acids is 1. The minimum Gasteiger partial charge on any atom is -0.294 e. The lowest BCUT2D eigenvalue weighted by Gasteiger charge is -2.38. The predicted octanol–water partition coefficient (Wildman–Crippen LogP) is 4.59. The second-order valence-corrected chi connectivity index (χ2v) is 29.8. The van der Waals surface area contributed by atoms with Crippen molar-refractivity contribution in [2.45, 2.75) is 56.4 Å². The van der Waals surface area contributed by atoms with Gasteiger partial charge < -0.3 is 0 Å². The number of hydrogen-bond acceptors (Lipinski definition) is 1. The summed E-state index contributed by atoms with van der Waals surface area (Å²) in [5, 5.41) is 0. The molecule has 0 unspecified atom stereocenters. The molecule has 0 bridgehead atoms. The van der Waals surface area contributed by atoms with Crippen molar-refractivity contribution in [3.63, 3.8) is 0 Å². The van der Waals surface area contributed by atoms with Crippen molar-refractivity contribution in [3.8, 4) is 0 Å². The summed E-state index contributed by atoms with van der Waals surface area (Å²) >= 11 is 3.65. The first kappa shape index (κ1) is 14.1. The lowest BCUT2D eigenvalue weighted by Crippen LogP contribution is -2.38. The molecule has 0 heterocycles. The van der Waals surface area contributed by atoms with E-state index in [2.05, 4.69) is 55.2 Å². The van der Waals surface area contributed by atoms with Crippen LogP contribution in [0.3, 0.4) is 0 Å². The van der Waals surface area contributed by atoms with Gasteiger partial charge in [0.05, 0.1) is 19.8 Å². The molecule has 0 aromatic rings. The molecule has 0 aromatic heterocycles. The van der Waals surface area contributed by atoms with E-state index in [0.29, 0.717) is 5.52 Å². The first-order valence-electron chi connectivity index (χ1n) is 5.52. The molecule has 5 heteroatoms. The first-order chi connectivity index (χ1) is 6.48. The van der Waals surface area contributed by atoms with Gasteiger partial charge in [-0.2, -0.15) is 0 Å². The summed E-state index contributed by atoms with van der Waals surface area (Å²) in [7, 11) is -2.95. The molecule has 0 radical (unpaired) electrons. The third kappa shape index (κ3) is 3.24. The van der Waals surface area contributed by atoms with Crippen LogP contribution in [0.15, 0.2) is 0 Å². The molecule has 1 aliphatic rings. The van der Waals surface area contributed by atoms with Crippen LogP contribution in [-0.2, 0) is 4.79 Å². The van der Waals surface area contributed by atoms with Crippen molar-refractivity contribution in [1.29, 1.82) is 0 Å². The van der Waals surface area contributed by atoms with Crippen molar-refractivity contribution in [2.75, 3.05) is 0 Å². The Hall–Kier alpha value is 1.01. The Balaban J connectivity index is 2.97. The van der Waals surface area contributed by atoms with Gasteiger partial charge in [0.25, 0.3) is 0 Å². The monoisotopic (exact) mass is 324 g/mol. The molecular formula is C10H22BrOPSi2. The van der Waals surface area contributed by atoms with E-state index in [1.54, 1.807) is 0 Å². The van der Waals surface area contributed by atoms with Crippen molar-refractivity contribution >= 4 is 44.0 Å². The fraction of sp³-hybridized carbons (Fsp3) is 0.900. The van der Waals surface area contributed by atoms with Crippen LogP contribution < -0.4 is 0 Å². The molecule has 1 saturated carbocycles. The molecule has 15 heavy (non-hydrogen) atoms. The maximum Gasteiger partial charge on any atom is 0.163 e. The summed E-state index contributed by atoms with van der Waals surface area (Å²) < 4.78 is -0.0841. The lowest BCUT2D eigenvalue weighted by molar-refractivity contribution is -0.111. The average Bonchev–Trinajstić information content (AvgIpc) is 2.62. The van der Waals surface area contributed by atoms with Gasteiger partial charge in [-0.05, 0) is 12.8 Å². The van der Waals surface area contributed by atoms with E-state index in [-0.39, 0.29) is 11.3 Å². The molecule has 0 atom stereocenters. The summed E-state index contributed by atoms with van der Waals surface area (Å²) in [4.78, 5) is 12.6. The smallest absolute Gasteiger partial charge is 0.163 e. The normalized spacial score (nSPS) is 20.5. The van der Waals surface area contributed by atoms with Gasteiger partial charge in [0.1, 0.15) is 0 Å². The number of halogens is 1. The van der Waals surface area contributed by atoms with E-state index in [1.165, 1.54) is 0 Å². The first-order valence-corrected chi connectivity index (χ1v) is 16.3. The number of rotatable bonds is 4. The molecule has 1 aliphatic carbocycles.